The van der Waals surface area contributed by atoms with E-state index in [0.29, 0.717) is 10.0 Å². The molecule has 1 aromatic carbocycles. The number of aliphatic hydroxyl groups excluding tert-OH is 1. The van der Waals surface area contributed by atoms with E-state index < -0.39 is 0 Å². The fourth-order valence-corrected chi connectivity index (χ4v) is 5.86. The molecule has 0 amide bonds. The fourth-order valence-electron chi connectivity index (χ4n) is 5.55. The van der Waals surface area contributed by atoms with Crippen molar-refractivity contribution in [3.05, 3.63) is 33.8 Å². The summed E-state index contributed by atoms with van der Waals surface area (Å²) in [7, 11) is 0. The molecule has 5 rings (SSSR count). The van der Waals surface area contributed by atoms with Crippen molar-refractivity contribution in [3.8, 4) is 0 Å². The summed E-state index contributed by atoms with van der Waals surface area (Å²) in [6.07, 6.45) is 7.39. The van der Waals surface area contributed by atoms with E-state index in [1.54, 1.807) is 0 Å². The van der Waals surface area contributed by atoms with Crippen LogP contribution in [0.2, 0.25) is 10.0 Å². The maximum absolute atomic E-state index is 11.0. The molecule has 4 fully saturated rings. The van der Waals surface area contributed by atoms with Gasteiger partial charge in [0.1, 0.15) is 0 Å². The van der Waals surface area contributed by atoms with Crippen LogP contribution in [0.4, 0.5) is 0 Å². The van der Waals surface area contributed by atoms with Crippen molar-refractivity contribution in [2.75, 3.05) is 0 Å². The monoisotopic (exact) mass is 310 g/mol. The second kappa shape index (κ2) is 4.63. The molecule has 3 heteroatoms. The van der Waals surface area contributed by atoms with E-state index in [2.05, 4.69) is 0 Å². The van der Waals surface area contributed by atoms with Crippen LogP contribution in [0.5, 0.6) is 0 Å². The SMILES string of the molecule is OC(c1ccc(Cl)c(Cl)c1)C12CC3CC(CC(C3)C1)C2. The lowest BCUT2D eigenvalue weighted by Crippen LogP contribution is -2.48. The summed E-state index contributed by atoms with van der Waals surface area (Å²) in [6.45, 7) is 0. The van der Waals surface area contributed by atoms with Gasteiger partial charge in [-0.3, -0.25) is 0 Å². The highest BCUT2D eigenvalue weighted by molar-refractivity contribution is 6.42. The Labute approximate surface area is 130 Å². The van der Waals surface area contributed by atoms with Crippen molar-refractivity contribution in [1.82, 2.24) is 0 Å². The molecule has 0 aliphatic heterocycles. The smallest absolute Gasteiger partial charge is 0.0847 e. The van der Waals surface area contributed by atoms with Crippen LogP contribution in [0.15, 0.2) is 18.2 Å². The highest BCUT2D eigenvalue weighted by Gasteiger charge is 2.54. The van der Waals surface area contributed by atoms with Gasteiger partial charge < -0.3 is 5.11 Å². The molecule has 0 heterocycles. The van der Waals surface area contributed by atoms with Crippen LogP contribution < -0.4 is 0 Å². The largest absolute Gasteiger partial charge is 0.388 e. The Hall–Kier alpha value is -0.240. The number of benzene rings is 1. The van der Waals surface area contributed by atoms with Gasteiger partial charge in [-0.05, 0) is 74.0 Å². The third-order valence-corrected chi connectivity index (χ3v) is 6.66. The minimum Gasteiger partial charge on any atom is -0.388 e. The first-order valence-electron chi connectivity index (χ1n) is 7.69. The zero-order chi connectivity index (χ0) is 13.9. The third kappa shape index (κ3) is 2.01. The van der Waals surface area contributed by atoms with Crippen molar-refractivity contribution in [1.29, 1.82) is 0 Å². The highest BCUT2D eigenvalue weighted by Crippen LogP contribution is 2.64. The van der Waals surface area contributed by atoms with Gasteiger partial charge in [0.25, 0.3) is 0 Å². The van der Waals surface area contributed by atoms with Crippen molar-refractivity contribution in [2.45, 2.75) is 44.6 Å². The molecule has 0 aromatic heterocycles. The maximum Gasteiger partial charge on any atom is 0.0847 e. The molecule has 1 nitrogen and oxygen atoms in total. The first-order chi connectivity index (χ1) is 9.56. The zero-order valence-electron chi connectivity index (χ0n) is 11.5. The van der Waals surface area contributed by atoms with Gasteiger partial charge in [0.05, 0.1) is 16.1 Å². The van der Waals surface area contributed by atoms with Crippen molar-refractivity contribution >= 4 is 23.2 Å². The summed E-state index contributed by atoms with van der Waals surface area (Å²) in [5.74, 6) is 2.54. The number of hydrogen-bond acceptors (Lipinski definition) is 1. The molecule has 1 unspecified atom stereocenters. The van der Waals surface area contributed by atoms with Gasteiger partial charge >= 0.3 is 0 Å². The van der Waals surface area contributed by atoms with Gasteiger partial charge in [0.2, 0.25) is 0 Å². The first-order valence-corrected chi connectivity index (χ1v) is 8.44. The maximum atomic E-state index is 11.0. The predicted molar refractivity (Wildman–Crippen MR) is 82.0 cm³/mol. The first kappa shape index (κ1) is 13.4. The molecular formula is C17H20Cl2O. The van der Waals surface area contributed by atoms with Gasteiger partial charge in [0.15, 0.2) is 0 Å². The van der Waals surface area contributed by atoms with E-state index in [9.17, 15) is 5.11 Å². The zero-order valence-corrected chi connectivity index (χ0v) is 13.0. The molecule has 0 radical (unpaired) electrons. The summed E-state index contributed by atoms with van der Waals surface area (Å²) in [6, 6.07) is 5.60. The molecular weight excluding hydrogens is 291 g/mol. The minimum absolute atomic E-state index is 0.103. The molecule has 0 saturated heterocycles. The lowest BCUT2D eigenvalue weighted by atomic mass is 9.47. The predicted octanol–water partition coefficient (Wildman–Crippen LogP) is 5.24. The van der Waals surface area contributed by atoms with Gasteiger partial charge in [0, 0.05) is 5.41 Å². The summed E-state index contributed by atoms with van der Waals surface area (Å²) >= 11 is 12.1. The lowest BCUT2D eigenvalue weighted by Gasteiger charge is -2.58. The highest BCUT2D eigenvalue weighted by atomic mass is 35.5. The summed E-state index contributed by atoms with van der Waals surface area (Å²) < 4.78 is 0. The molecule has 4 aliphatic carbocycles. The van der Waals surface area contributed by atoms with Gasteiger partial charge in [-0.1, -0.05) is 29.3 Å². The molecule has 4 saturated carbocycles. The van der Waals surface area contributed by atoms with Crippen LogP contribution in [0.3, 0.4) is 0 Å². The molecule has 1 atom stereocenters. The van der Waals surface area contributed by atoms with Crippen molar-refractivity contribution in [3.63, 3.8) is 0 Å². The third-order valence-electron chi connectivity index (χ3n) is 5.93. The van der Waals surface area contributed by atoms with E-state index in [1.165, 1.54) is 38.5 Å². The standard InChI is InChI=1S/C17H20Cl2O/c18-14-2-1-13(6-15(14)19)16(20)17-7-10-3-11(8-17)5-12(4-10)9-17/h1-2,6,10-12,16,20H,3-5,7-9H2. The fraction of sp³-hybridized carbons (Fsp3) is 0.647. The van der Waals surface area contributed by atoms with E-state index in [-0.39, 0.29) is 11.5 Å². The summed E-state index contributed by atoms with van der Waals surface area (Å²) in [4.78, 5) is 0. The number of hydrogen-bond donors (Lipinski definition) is 1. The van der Waals surface area contributed by atoms with Gasteiger partial charge in [-0.15, -0.1) is 0 Å². The van der Waals surface area contributed by atoms with E-state index in [0.717, 1.165) is 23.3 Å². The van der Waals surface area contributed by atoms with Gasteiger partial charge in [-0.2, -0.15) is 0 Å². The van der Waals surface area contributed by atoms with Crippen molar-refractivity contribution < 1.29 is 5.11 Å². The molecule has 1 N–H and O–H groups in total. The molecule has 108 valence electrons. The molecule has 4 aliphatic rings. The average molecular weight is 311 g/mol. The minimum atomic E-state index is -0.384. The van der Waals surface area contributed by atoms with Crippen molar-refractivity contribution in [2.24, 2.45) is 23.2 Å². The Balaban J connectivity index is 1.67. The number of rotatable bonds is 2. The normalized spacial score (nSPS) is 40.0. The summed E-state index contributed by atoms with van der Waals surface area (Å²) in [5.41, 5.74) is 1.05. The van der Waals surface area contributed by atoms with Gasteiger partial charge in [-0.25, -0.2) is 0 Å². The second-order valence-corrected chi connectivity index (χ2v) is 8.17. The van der Waals surface area contributed by atoms with Crippen LogP contribution in [-0.2, 0) is 0 Å². The quantitative estimate of drug-likeness (QED) is 0.791. The van der Waals surface area contributed by atoms with Crippen LogP contribution >= 0.6 is 23.2 Å². The molecule has 0 spiro atoms. The van der Waals surface area contributed by atoms with E-state index >= 15 is 0 Å². The molecule has 20 heavy (non-hydrogen) atoms. The lowest BCUT2D eigenvalue weighted by molar-refractivity contribution is -0.122. The summed E-state index contributed by atoms with van der Waals surface area (Å²) in [5, 5.41) is 12.1. The Morgan fingerprint density at radius 1 is 0.950 bits per heavy atom. The Morgan fingerprint density at radius 2 is 1.50 bits per heavy atom. The molecule has 1 aromatic rings. The Kier molecular flexibility index (Phi) is 3.11. The van der Waals surface area contributed by atoms with E-state index in [4.69, 9.17) is 23.2 Å². The van der Waals surface area contributed by atoms with Crippen LogP contribution in [0.1, 0.15) is 50.2 Å². The number of aliphatic hydroxyl groups is 1. The Morgan fingerprint density at radius 3 is 2.00 bits per heavy atom. The second-order valence-electron chi connectivity index (χ2n) is 7.36. The van der Waals surface area contributed by atoms with Crippen LogP contribution in [0, 0.1) is 23.2 Å². The van der Waals surface area contributed by atoms with Crippen LogP contribution in [-0.4, -0.2) is 5.11 Å². The van der Waals surface area contributed by atoms with E-state index in [1.807, 2.05) is 18.2 Å². The van der Waals surface area contributed by atoms with Crippen LogP contribution in [0.25, 0.3) is 0 Å². The topological polar surface area (TPSA) is 20.2 Å². The number of halogens is 2. The molecule has 4 bridgehead atoms. The Bertz CT molecular complexity index is 505. The average Bonchev–Trinajstić information content (AvgIpc) is 2.39.